The van der Waals surface area contributed by atoms with Crippen LogP contribution in [-0.4, -0.2) is 45.7 Å². The Balaban J connectivity index is 1.40. The Bertz CT molecular complexity index is 1680. The summed E-state index contributed by atoms with van der Waals surface area (Å²) in [7, 11) is -0.965. The Hall–Kier alpha value is -4.13. The van der Waals surface area contributed by atoms with Crippen LogP contribution in [0.3, 0.4) is 0 Å². The van der Waals surface area contributed by atoms with Crippen molar-refractivity contribution in [2.45, 2.75) is 27.8 Å². The van der Waals surface area contributed by atoms with Crippen LogP contribution in [-0.2, 0) is 23.1 Å². The van der Waals surface area contributed by atoms with E-state index in [1.165, 1.54) is 43.2 Å². The molecule has 1 amide bonds. The van der Waals surface area contributed by atoms with E-state index in [2.05, 4.69) is 31.2 Å². The molecule has 0 saturated heterocycles. The van der Waals surface area contributed by atoms with E-state index in [9.17, 15) is 13.2 Å². The lowest BCUT2D eigenvalue weighted by molar-refractivity contribution is 0.0983. The van der Waals surface area contributed by atoms with E-state index in [1.807, 2.05) is 42.5 Å². The molecule has 1 N–H and O–H groups in total. The molecule has 0 bridgehead atoms. The first-order valence-electron chi connectivity index (χ1n) is 13.4. The second-order valence-corrected chi connectivity index (χ2v) is 13.1. The van der Waals surface area contributed by atoms with Gasteiger partial charge in [0.1, 0.15) is 11.5 Å². The quantitative estimate of drug-likeness (QED) is 0.0482. The summed E-state index contributed by atoms with van der Waals surface area (Å²) < 4.78 is 40.4. The van der Waals surface area contributed by atoms with Gasteiger partial charge in [-0.2, -0.15) is 0 Å². The molecule has 13 heteroatoms. The summed E-state index contributed by atoms with van der Waals surface area (Å²) >= 11 is 2.99. The maximum absolute atomic E-state index is 12.7. The van der Waals surface area contributed by atoms with E-state index in [1.54, 1.807) is 42.1 Å². The van der Waals surface area contributed by atoms with E-state index in [0.717, 1.165) is 28.3 Å². The summed E-state index contributed by atoms with van der Waals surface area (Å²) in [5.41, 5.74) is 11.0. The Morgan fingerprint density at radius 1 is 0.864 bits per heavy atom. The predicted molar refractivity (Wildman–Crippen MR) is 173 cm³/mol. The van der Waals surface area contributed by atoms with Crippen molar-refractivity contribution in [1.82, 2.24) is 9.62 Å². The number of nitrogens with one attached hydrogen (secondary N) is 1. The van der Waals surface area contributed by atoms with Gasteiger partial charge >= 0.3 is 0 Å². The number of azide groups is 1. The molecule has 0 radical (unpaired) electrons. The first kappa shape index (κ1) is 32.8. The lowest BCUT2D eigenvalue weighted by Crippen LogP contribution is -2.25. The van der Waals surface area contributed by atoms with Crippen LogP contribution in [0.4, 0.5) is 0 Å². The van der Waals surface area contributed by atoms with Gasteiger partial charge in [-0.05, 0) is 77.1 Å². The van der Waals surface area contributed by atoms with Gasteiger partial charge in [0.15, 0.2) is 0 Å². The van der Waals surface area contributed by atoms with Gasteiger partial charge < -0.3 is 9.47 Å². The first-order valence-corrected chi connectivity index (χ1v) is 16.6. The third kappa shape index (κ3) is 9.69. The molecule has 0 unspecified atom stereocenters. The van der Waals surface area contributed by atoms with E-state index >= 15 is 0 Å². The van der Waals surface area contributed by atoms with E-state index in [-0.39, 0.29) is 10.8 Å². The molecule has 0 saturated carbocycles. The number of amides is 1. The van der Waals surface area contributed by atoms with Crippen molar-refractivity contribution in [2.24, 2.45) is 4.52 Å². The number of carbonyl (C=O) groups excluding carboxylic acids is 1. The number of rotatable bonds is 15. The van der Waals surface area contributed by atoms with Gasteiger partial charge in [-0.1, -0.05) is 42.5 Å². The summed E-state index contributed by atoms with van der Waals surface area (Å²) in [6.45, 7) is 2.04. The fourth-order valence-corrected chi connectivity index (χ4v) is 6.37. The topological polar surface area (TPSA) is 134 Å². The van der Waals surface area contributed by atoms with Crippen LogP contribution in [0.2, 0.25) is 0 Å². The smallest absolute Gasteiger partial charge is 0.264 e. The van der Waals surface area contributed by atoms with Crippen LogP contribution < -0.4 is 14.2 Å². The molecule has 44 heavy (non-hydrogen) atoms. The van der Waals surface area contributed by atoms with Gasteiger partial charge in [0.2, 0.25) is 0 Å². The molecule has 0 aliphatic heterocycles. The molecule has 0 aliphatic carbocycles. The van der Waals surface area contributed by atoms with Crippen molar-refractivity contribution in [3.63, 3.8) is 0 Å². The predicted octanol–water partition coefficient (Wildman–Crippen LogP) is 6.93. The first-order chi connectivity index (χ1) is 21.3. The standard InChI is InChI=1S/C31H31N5O5S3/c1-40-26-18-25(19-27(20-26)41-2)31(37)33-43-29-12-8-23(9-13-29)21-36(16-17-42-28-6-4-3-5-7-28)22-24-10-14-30(15-11-24)44(38,39)35-34-32/h3-15,18-20H,16-17,21-22H2,1-2H3,(H,33,37). The van der Waals surface area contributed by atoms with Crippen molar-refractivity contribution in [3.05, 3.63) is 124 Å². The number of hydrogen-bond donors (Lipinski definition) is 1. The number of sulfonamides is 1. The Kier molecular flexibility index (Phi) is 12.0. The lowest BCUT2D eigenvalue weighted by Gasteiger charge is -2.23. The Morgan fingerprint density at radius 2 is 1.45 bits per heavy atom. The monoisotopic (exact) mass is 649 g/mol. The van der Waals surface area contributed by atoms with Crippen LogP contribution in [0.15, 0.2) is 116 Å². The molecular formula is C31H31N5O5S3. The Labute approximate surface area is 265 Å². The molecule has 0 atom stereocenters. The third-order valence-corrected chi connectivity index (χ3v) is 9.34. The molecule has 228 valence electrons. The molecule has 0 aromatic heterocycles. The largest absolute Gasteiger partial charge is 0.497 e. The zero-order valence-corrected chi connectivity index (χ0v) is 26.6. The maximum Gasteiger partial charge on any atom is 0.264 e. The van der Waals surface area contributed by atoms with E-state index in [0.29, 0.717) is 30.2 Å². The highest BCUT2D eigenvalue weighted by Crippen LogP contribution is 2.24. The maximum atomic E-state index is 12.7. The average molecular weight is 650 g/mol. The van der Waals surface area contributed by atoms with Crippen LogP contribution in [0.5, 0.6) is 11.5 Å². The third-order valence-electron chi connectivity index (χ3n) is 6.40. The second-order valence-electron chi connectivity index (χ2n) is 9.44. The number of hydrogen-bond acceptors (Lipinski definition) is 8. The lowest BCUT2D eigenvalue weighted by atomic mass is 10.1. The fourth-order valence-electron chi connectivity index (χ4n) is 4.17. The number of ether oxygens (including phenoxy) is 2. The summed E-state index contributed by atoms with van der Waals surface area (Å²) in [4.78, 5) is 19.5. The molecule has 4 aromatic rings. The number of nitrogens with zero attached hydrogens (tertiary/aromatic N) is 4. The van der Waals surface area contributed by atoms with Gasteiger partial charge in [0.05, 0.1) is 19.1 Å². The number of benzene rings is 4. The highest BCUT2D eigenvalue weighted by molar-refractivity contribution is 7.99. The van der Waals surface area contributed by atoms with Crippen molar-refractivity contribution < 1.29 is 22.7 Å². The normalized spacial score (nSPS) is 11.1. The van der Waals surface area contributed by atoms with Crippen LogP contribution in [0.1, 0.15) is 21.5 Å². The molecule has 10 nitrogen and oxygen atoms in total. The number of carbonyl (C=O) groups is 1. The van der Waals surface area contributed by atoms with Gasteiger partial charge in [0.25, 0.3) is 15.9 Å². The minimum absolute atomic E-state index is 0.0454. The molecule has 0 fully saturated rings. The van der Waals surface area contributed by atoms with Crippen molar-refractivity contribution in [2.75, 3.05) is 26.5 Å². The molecule has 0 spiro atoms. The van der Waals surface area contributed by atoms with Gasteiger partial charge in [-0.15, -0.1) is 11.8 Å². The highest BCUT2D eigenvalue weighted by Gasteiger charge is 2.14. The fraction of sp³-hybridized carbons (Fsp3) is 0.194. The van der Waals surface area contributed by atoms with Crippen molar-refractivity contribution in [3.8, 4) is 11.5 Å². The van der Waals surface area contributed by atoms with E-state index < -0.39 is 10.0 Å². The van der Waals surface area contributed by atoms with Crippen molar-refractivity contribution in [1.29, 1.82) is 0 Å². The van der Waals surface area contributed by atoms with Gasteiger partial charge in [0, 0.05) is 56.2 Å². The second kappa shape index (κ2) is 16.1. The SMILES string of the molecule is COc1cc(OC)cc(C(=O)NSc2ccc(CN(CCSc3ccccc3)Cc3ccc(S(=O)(=O)N=[N+]=[N-])cc3)cc2)c1. The zero-order valence-electron chi connectivity index (χ0n) is 24.1. The summed E-state index contributed by atoms with van der Waals surface area (Å²) in [6, 6.07) is 29.5. The molecule has 4 aromatic carbocycles. The zero-order chi connectivity index (χ0) is 31.4. The van der Waals surface area contributed by atoms with Crippen molar-refractivity contribution >= 4 is 39.6 Å². The van der Waals surface area contributed by atoms with Gasteiger partial charge in [-0.25, -0.2) is 8.42 Å². The highest BCUT2D eigenvalue weighted by atomic mass is 32.2. The molecular weight excluding hydrogens is 619 g/mol. The molecule has 4 rings (SSSR count). The van der Waals surface area contributed by atoms with Crippen LogP contribution in [0.25, 0.3) is 10.4 Å². The van der Waals surface area contributed by atoms with Crippen LogP contribution in [0, 0.1) is 0 Å². The number of thioether (sulfide) groups is 1. The van der Waals surface area contributed by atoms with Gasteiger partial charge in [-0.3, -0.25) is 14.4 Å². The molecule has 0 aliphatic rings. The average Bonchev–Trinajstić information content (AvgIpc) is 3.04. The summed E-state index contributed by atoms with van der Waals surface area (Å²) in [5, 5.41) is 0. The summed E-state index contributed by atoms with van der Waals surface area (Å²) in [5.74, 6) is 1.66. The molecule has 0 heterocycles. The minimum atomic E-state index is -4.03. The van der Waals surface area contributed by atoms with Crippen LogP contribution >= 0.6 is 23.7 Å². The minimum Gasteiger partial charge on any atom is -0.497 e. The number of methoxy groups -OCH3 is 2. The Morgan fingerprint density at radius 3 is 2.02 bits per heavy atom. The van der Waals surface area contributed by atoms with E-state index in [4.69, 9.17) is 15.0 Å². The summed E-state index contributed by atoms with van der Waals surface area (Å²) in [6.07, 6.45) is 0.